The fraction of sp³-hybridized carbons (Fsp3) is 0.250. The van der Waals surface area contributed by atoms with Crippen molar-refractivity contribution in [3.05, 3.63) is 29.8 Å². The molecule has 0 unspecified atom stereocenters. The number of hydrogen-bond donors (Lipinski definition) is 1. The fourth-order valence-corrected chi connectivity index (χ4v) is 1.41. The van der Waals surface area contributed by atoms with Crippen molar-refractivity contribution in [2.75, 3.05) is 13.4 Å². The molecule has 0 saturated carbocycles. The molecule has 0 saturated heterocycles. The molecular formula is C12H10F3NO4. The van der Waals surface area contributed by atoms with Gasteiger partial charge < -0.3 is 9.47 Å². The van der Waals surface area contributed by atoms with Gasteiger partial charge in [0.2, 0.25) is 6.79 Å². The van der Waals surface area contributed by atoms with Crippen molar-refractivity contribution in [3.63, 3.8) is 0 Å². The van der Waals surface area contributed by atoms with E-state index in [1.165, 1.54) is 6.08 Å². The predicted octanol–water partition coefficient (Wildman–Crippen LogP) is 2.04. The smallest absolute Gasteiger partial charge is 0.414 e. The summed E-state index contributed by atoms with van der Waals surface area (Å²) in [4.78, 5) is 15.2. The van der Waals surface area contributed by atoms with Gasteiger partial charge in [-0.3, -0.25) is 9.63 Å². The maximum Gasteiger partial charge on any atom is 0.414 e. The molecule has 0 radical (unpaired) electrons. The Morgan fingerprint density at radius 1 is 1.35 bits per heavy atom. The summed E-state index contributed by atoms with van der Waals surface area (Å²) in [6.45, 7) is -1.41. The van der Waals surface area contributed by atoms with E-state index in [-0.39, 0.29) is 6.79 Å². The van der Waals surface area contributed by atoms with Crippen LogP contribution < -0.4 is 15.0 Å². The summed E-state index contributed by atoms with van der Waals surface area (Å²) in [5, 5.41) is 0. The van der Waals surface area contributed by atoms with Gasteiger partial charge in [-0.05, 0) is 23.8 Å². The van der Waals surface area contributed by atoms with Crippen LogP contribution in [0.4, 0.5) is 13.2 Å². The van der Waals surface area contributed by atoms with E-state index < -0.39 is 18.7 Å². The molecule has 1 aromatic carbocycles. The van der Waals surface area contributed by atoms with E-state index in [2.05, 4.69) is 4.84 Å². The number of rotatable bonds is 4. The van der Waals surface area contributed by atoms with Gasteiger partial charge in [-0.25, -0.2) is 5.48 Å². The average molecular weight is 289 g/mol. The van der Waals surface area contributed by atoms with E-state index in [1.54, 1.807) is 23.7 Å². The molecule has 0 atom stereocenters. The lowest BCUT2D eigenvalue weighted by Gasteiger charge is -2.06. The molecule has 1 aliphatic rings. The second-order valence-electron chi connectivity index (χ2n) is 3.82. The molecule has 0 bridgehead atoms. The predicted molar refractivity (Wildman–Crippen MR) is 61.7 cm³/mol. The van der Waals surface area contributed by atoms with Crippen LogP contribution in [0, 0.1) is 0 Å². The molecule has 1 amide bonds. The first-order valence-corrected chi connectivity index (χ1v) is 5.50. The van der Waals surface area contributed by atoms with Gasteiger partial charge in [0.1, 0.15) is 0 Å². The number of fused-ring (bicyclic) bond motifs is 1. The third-order valence-electron chi connectivity index (χ3n) is 2.23. The maximum absolute atomic E-state index is 11.8. The zero-order valence-electron chi connectivity index (χ0n) is 10.1. The minimum Gasteiger partial charge on any atom is -0.454 e. The number of nitrogens with one attached hydrogen (secondary N) is 1. The summed E-state index contributed by atoms with van der Waals surface area (Å²) in [5.41, 5.74) is 2.30. The van der Waals surface area contributed by atoms with Gasteiger partial charge in [-0.15, -0.1) is 0 Å². The van der Waals surface area contributed by atoms with Gasteiger partial charge in [0.05, 0.1) is 0 Å². The first kappa shape index (κ1) is 14.2. The average Bonchev–Trinajstić information content (AvgIpc) is 2.82. The van der Waals surface area contributed by atoms with Crippen LogP contribution in [-0.4, -0.2) is 25.5 Å². The van der Waals surface area contributed by atoms with Gasteiger partial charge in [-0.1, -0.05) is 6.07 Å². The van der Waals surface area contributed by atoms with Crippen molar-refractivity contribution in [1.29, 1.82) is 0 Å². The molecule has 0 fully saturated rings. The Balaban J connectivity index is 1.85. The molecule has 8 heteroatoms. The van der Waals surface area contributed by atoms with Crippen molar-refractivity contribution in [1.82, 2.24) is 5.48 Å². The topological polar surface area (TPSA) is 56.8 Å². The monoisotopic (exact) mass is 289 g/mol. The number of halogens is 3. The van der Waals surface area contributed by atoms with Gasteiger partial charge in [0, 0.05) is 6.08 Å². The zero-order chi connectivity index (χ0) is 14.6. The van der Waals surface area contributed by atoms with E-state index >= 15 is 0 Å². The van der Waals surface area contributed by atoms with Crippen LogP contribution in [0.15, 0.2) is 24.3 Å². The van der Waals surface area contributed by atoms with E-state index in [9.17, 15) is 18.0 Å². The van der Waals surface area contributed by atoms with Crippen LogP contribution in [0.3, 0.4) is 0 Å². The maximum atomic E-state index is 11.8. The van der Waals surface area contributed by atoms with Crippen LogP contribution in [0.25, 0.3) is 6.08 Å². The summed E-state index contributed by atoms with van der Waals surface area (Å²) in [5.74, 6) is 0.341. The van der Waals surface area contributed by atoms with Crippen molar-refractivity contribution in [2.24, 2.45) is 0 Å². The fourth-order valence-electron chi connectivity index (χ4n) is 1.41. The third kappa shape index (κ3) is 4.16. The van der Waals surface area contributed by atoms with Gasteiger partial charge in [0.25, 0.3) is 5.91 Å². The lowest BCUT2D eigenvalue weighted by molar-refractivity contribution is -0.190. The number of hydrogen-bond acceptors (Lipinski definition) is 4. The second-order valence-corrected chi connectivity index (χ2v) is 3.82. The summed E-state index contributed by atoms with van der Waals surface area (Å²) >= 11 is 0. The summed E-state index contributed by atoms with van der Waals surface area (Å²) in [7, 11) is 0. The van der Waals surface area contributed by atoms with Crippen LogP contribution >= 0.6 is 0 Å². The molecule has 20 heavy (non-hydrogen) atoms. The van der Waals surface area contributed by atoms with Crippen LogP contribution in [-0.2, 0) is 9.63 Å². The van der Waals surface area contributed by atoms with E-state index in [0.29, 0.717) is 17.1 Å². The number of carbonyl (C=O) groups excluding carboxylic acids is 1. The molecule has 0 aromatic heterocycles. The third-order valence-corrected chi connectivity index (χ3v) is 2.23. The molecule has 1 heterocycles. The molecule has 0 aliphatic carbocycles. The number of ether oxygens (including phenoxy) is 2. The molecule has 1 N–H and O–H groups in total. The first-order chi connectivity index (χ1) is 9.44. The van der Waals surface area contributed by atoms with Crippen LogP contribution in [0.1, 0.15) is 5.56 Å². The van der Waals surface area contributed by atoms with Crippen LogP contribution in [0.5, 0.6) is 11.5 Å². The lowest BCUT2D eigenvalue weighted by atomic mass is 10.2. The SMILES string of the molecule is O=C(/C=C/c1ccc2c(c1)OCO2)NOCC(F)(F)F. The summed E-state index contributed by atoms with van der Waals surface area (Å²) in [6, 6.07) is 4.98. The molecule has 5 nitrogen and oxygen atoms in total. The molecule has 1 aliphatic heterocycles. The highest BCUT2D eigenvalue weighted by Gasteiger charge is 2.28. The Hall–Kier alpha value is -2.22. The molecule has 0 spiro atoms. The molecule has 108 valence electrons. The number of hydroxylamine groups is 1. The standard InChI is InChI=1S/C12H10F3NO4/c13-12(14,15)6-20-16-11(17)4-2-8-1-3-9-10(5-8)19-7-18-9/h1-5H,6-7H2,(H,16,17)/b4-2+. The largest absolute Gasteiger partial charge is 0.454 e. The Bertz CT molecular complexity index is 528. The minimum atomic E-state index is -4.49. The zero-order valence-corrected chi connectivity index (χ0v) is 10.1. The van der Waals surface area contributed by atoms with Crippen molar-refractivity contribution >= 4 is 12.0 Å². The van der Waals surface area contributed by atoms with Gasteiger partial charge in [-0.2, -0.15) is 13.2 Å². The number of carbonyl (C=O) groups is 1. The van der Waals surface area contributed by atoms with Crippen LogP contribution in [0.2, 0.25) is 0 Å². The van der Waals surface area contributed by atoms with Crippen molar-refractivity contribution < 1.29 is 32.3 Å². The van der Waals surface area contributed by atoms with Gasteiger partial charge in [0.15, 0.2) is 18.1 Å². The summed E-state index contributed by atoms with van der Waals surface area (Å²) in [6.07, 6.45) is -2.03. The van der Waals surface area contributed by atoms with Crippen molar-refractivity contribution in [3.8, 4) is 11.5 Å². The quantitative estimate of drug-likeness (QED) is 0.680. The minimum absolute atomic E-state index is 0.133. The number of benzene rings is 1. The molecule has 1 aromatic rings. The molecule has 2 rings (SSSR count). The highest BCUT2D eigenvalue weighted by atomic mass is 19.4. The Labute approximate surface area is 111 Å². The Kier molecular flexibility index (Phi) is 4.14. The van der Waals surface area contributed by atoms with E-state index in [0.717, 1.165) is 6.08 Å². The Morgan fingerprint density at radius 2 is 2.10 bits per heavy atom. The highest BCUT2D eigenvalue weighted by molar-refractivity contribution is 5.91. The highest BCUT2D eigenvalue weighted by Crippen LogP contribution is 2.32. The van der Waals surface area contributed by atoms with E-state index in [1.807, 2.05) is 0 Å². The molecular weight excluding hydrogens is 279 g/mol. The Morgan fingerprint density at radius 3 is 2.85 bits per heavy atom. The summed E-state index contributed by atoms with van der Waals surface area (Å²) < 4.78 is 45.5. The van der Waals surface area contributed by atoms with Crippen molar-refractivity contribution in [2.45, 2.75) is 6.18 Å². The normalized spacial score (nSPS) is 13.8. The number of amides is 1. The van der Waals surface area contributed by atoms with E-state index in [4.69, 9.17) is 9.47 Å². The lowest BCUT2D eigenvalue weighted by Crippen LogP contribution is -2.28. The number of alkyl halides is 3. The first-order valence-electron chi connectivity index (χ1n) is 5.50. The van der Waals surface area contributed by atoms with Gasteiger partial charge >= 0.3 is 6.18 Å². The second kappa shape index (κ2) is 5.83.